The van der Waals surface area contributed by atoms with Crippen molar-refractivity contribution in [2.75, 3.05) is 6.54 Å². The van der Waals surface area contributed by atoms with Gasteiger partial charge in [0, 0.05) is 6.54 Å². The second-order valence-electron chi connectivity index (χ2n) is 8.74. The highest BCUT2D eigenvalue weighted by Crippen LogP contribution is 2.30. The summed E-state index contributed by atoms with van der Waals surface area (Å²) in [6, 6.07) is 9.16. The lowest BCUT2D eigenvalue weighted by atomic mass is 9.81. The number of carboxylic acids is 1. The molecular weight excluding hydrogens is 400 g/mol. The minimum atomic E-state index is -1.20. The van der Waals surface area contributed by atoms with Crippen molar-refractivity contribution in [3.05, 3.63) is 47.7 Å². The minimum Gasteiger partial charge on any atom is -0.477 e. The van der Waals surface area contributed by atoms with Crippen LogP contribution in [0.15, 0.2) is 42.1 Å². The number of alkyl carbamates (subject to hydrolysis) is 2. The number of hydrogen-bond donors (Lipinski definition) is 3. The number of aliphatic carboxylic acids is 1. The van der Waals surface area contributed by atoms with E-state index in [1.165, 1.54) is 0 Å². The summed E-state index contributed by atoms with van der Waals surface area (Å²) in [5.74, 6) is -0.849. The van der Waals surface area contributed by atoms with Gasteiger partial charge in [-0.05, 0) is 63.9 Å². The van der Waals surface area contributed by atoms with Crippen LogP contribution in [0, 0.1) is 11.8 Å². The van der Waals surface area contributed by atoms with Gasteiger partial charge in [-0.1, -0.05) is 36.4 Å². The van der Waals surface area contributed by atoms with Crippen molar-refractivity contribution in [1.82, 2.24) is 10.6 Å². The van der Waals surface area contributed by atoms with Crippen LogP contribution < -0.4 is 10.6 Å². The summed E-state index contributed by atoms with van der Waals surface area (Å²) >= 11 is 0. The van der Waals surface area contributed by atoms with E-state index in [0.717, 1.165) is 31.2 Å². The van der Waals surface area contributed by atoms with Crippen molar-refractivity contribution in [2.45, 2.75) is 58.7 Å². The third-order valence-electron chi connectivity index (χ3n) is 4.91. The van der Waals surface area contributed by atoms with Gasteiger partial charge < -0.3 is 19.9 Å². The molecule has 0 aromatic heterocycles. The Kier molecular flexibility index (Phi) is 8.90. The molecule has 170 valence electrons. The van der Waals surface area contributed by atoms with Crippen LogP contribution in [-0.2, 0) is 20.9 Å². The standard InChI is InChI=1S/C23H32N2O6/c1-23(2,3)31-21(28)24-14-17-11-9-16(10-12-17)13-19(20(26)27)25-22(29)30-15-18-7-5-4-6-8-18/h4-8,13,16-17H,9-12,14-15H2,1-3H3,(H,24,28)(H,25,29)(H,26,27). The van der Waals surface area contributed by atoms with Crippen molar-refractivity contribution in [3.63, 3.8) is 0 Å². The quantitative estimate of drug-likeness (QED) is 0.556. The Morgan fingerprint density at radius 1 is 1.06 bits per heavy atom. The summed E-state index contributed by atoms with van der Waals surface area (Å²) in [4.78, 5) is 35.3. The highest BCUT2D eigenvalue weighted by Gasteiger charge is 2.24. The fourth-order valence-electron chi connectivity index (χ4n) is 3.37. The molecule has 8 heteroatoms. The highest BCUT2D eigenvalue weighted by atomic mass is 16.6. The van der Waals surface area contributed by atoms with Gasteiger partial charge in [0.1, 0.15) is 17.9 Å². The number of allylic oxidation sites excluding steroid dienone is 1. The number of carboxylic acid groups (broad SMARTS) is 1. The van der Waals surface area contributed by atoms with Crippen LogP contribution in [0.4, 0.5) is 9.59 Å². The number of benzene rings is 1. The number of rotatable bonds is 7. The Morgan fingerprint density at radius 3 is 2.29 bits per heavy atom. The van der Waals surface area contributed by atoms with E-state index < -0.39 is 23.8 Å². The van der Waals surface area contributed by atoms with Gasteiger partial charge in [0.05, 0.1) is 0 Å². The Hall–Kier alpha value is -3.03. The molecule has 1 fully saturated rings. The van der Waals surface area contributed by atoms with Gasteiger partial charge in [-0.25, -0.2) is 14.4 Å². The topological polar surface area (TPSA) is 114 Å². The number of amides is 2. The normalized spacial score (nSPS) is 19.3. The molecule has 0 unspecified atom stereocenters. The summed E-state index contributed by atoms with van der Waals surface area (Å²) in [5.41, 5.74) is 0.111. The number of carbonyl (C=O) groups is 3. The molecule has 3 N–H and O–H groups in total. The Balaban J connectivity index is 1.78. The Morgan fingerprint density at radius 2 is 1.71 bits per heavy atom. The van der Waals surface area contributed by atoms with Gasteiger partial charge in [-0.2, -0.15) is 0 Å². The molecule has 2 amide bonds. The van der Waals surface area contributed by atoms with E-state index in [1.807, 2.05) is 51.1 Å². The van der Waals surface area contributed by atoms with Crippen LogP contribution in [0.25, 0.3) is 0 Å². The zero-order valence-electron chi connectivity index (χ0n) is 18.3. The molecule has 0 saturated heterocycles. The molecule has 0 aliphatic heterocycles. The molecule has 1 aliphatic rings. The lowest BCUT2D eigenvalue weighted by Crippen LogP contribution is -2.36. The molecule has 1 saturated carbocycles. The van der Waals surface area contributed by atoms with Gasteiger partial charge in [-0.3, -0.25) is 5.32 Å². The molecule has 1 aliphatic carbocycles. The Bertz CT molecular complexity index is 777. The molecule has 0 spiro atoms. The lowest BCUT2D eigenvalue weighted by Gasteiger charge is -2.28. The monoisotopic (exact) mass is 432 g/mol. The van der Waals surface area contributed by atoms with Gasteiger partial charge >= 0.3 is 18.2 Å². The van der Waals surface area contributed by atoms with Crippen LogP contribution in [0.3, 0.4) is 0 Å². The number of carbonyl (C=O) groups excluding carboxylic acids is 2. The first-order valence-corrected chi connectivity index (χ1v) is 10.5. The van der Waals surface area contributed by atoms with Crippen LogP contribution in [0.2, 0.25) is 0 Å². The number of hydrogen-bond acceptors (Lipinski definition) is 5. The molecule has 1 aromatic rings. The van der Waals surface area contributed by atoms with E-state index in [9.17, 15) is 19.5 Å². The van der Waals surface area contributed by atoms with Crippen molar-refractivity contribution >= 4 is 18.2 Å². The average molecular weight is 433 g/mol. The summed E-state index contributed by atoms with van der Waals surface area (Å²) in [5, 5.41) is 14.6. The third kappa shape index (κ3) is 9.55. The van der Waals surface area contributed by atoms with Crippen molar-refractivity contribution in [2.24, 2.45) is 11.8 Å². The molecule has 0 atom stereocenters. The molecule has 0 radical (unpaired) electrons. The van der Waals surface area contributed by atoms with Crippen LogP contribution in [-0.4, -0.2) is 35.4 Å². The van der Waals surface area contributed by atoms with E-state index in [0.29, 0.717) is 12.5 Å². The summed E-state index contributed by atoms with van der Waals surface area (Å²) in [6.45, 7) is 6.04. The van der Waals surface area contributed by atoms with E-state index in [2.05, 4.69) is 10.6 Å². The molecule has 1 aromatic carbocycles. The Labute approximate surface area is 183 Å². The zero-order chi connectivity index (χ0) is 22.9. The fourth-order valence-corrected chi connectivity index (χ4v) is 3.37. The minimum absolute atomic E-state index is 0.0401. The third-order valence-corrected chi connectivity index (χ3v) is 4.91. The molecule has 31 heavy (non-hydrogen) atoms. The maximum atomic E-state index is 12.0. The van der Waals surface area contributed by atoms with E-state index in [-0.39, 0.29) is 18.2 Å². The first-order chi connectivity index (χ1) is 14.6. The van der Waals surface area contributed by atoms with E-state index in [4.69, 9.17) is 9.47 Å². The van der Waals surface area contributed by atoms with Crippen molar-refractivity contribution in [3.8, 4) is 0 Å². The second kappa shape index (κ2) is 11.4. The maximum Gasteiger partial charge on any atom is 0.412 e. The highest BCUT2D eigenvalue weighted by molar-refractivity contribution is 5.90. The SMILES string of the molecule is CC(C)(C)OC(=O)NCC1CCC(C=C(NC(=O)OCc2ccccc2)C(=O)O)CC1. The fraction of sp³-hybridized carbons (Fsp3) is 0.522. The van der Waals surface area contributed by atoms with Gasteiger partial charge in [0.15, 0.2) is 0 Å². The predicted molar refractivity (Wildman–Crippen MR) is 115 cm³/mol. The average Bonchev–Trinajstić information content (AvgIpc) is 2.70. The molecule has 2 rings (SSSR count). The van der Waals surface area contributed by atoms with Crippen LogP contribution in [0.1, 0.15) is 52.0 Å². The summed E-state index contributed by atoms with van der Waals surface area (Å²) in [6.07, 6.45) is 3.61. The first kappa shape index (κ1) is 24.2. The van der Waals surface area contributed by atoms with Gasteiger partial charge in [0.25, 0.3) is 0 Å². The number of ether oxygens (including phenoxy) is 2. The van der Waals surface area contributed by atoms with E-state index >= 15 is 0 Å². The molecule has 0 heterocycles. The van der Waals surface area contributed by atoms with Crippen LogP contribution >= 0.6 is 0 Å². The lowest BCUT2D eigenvalue weighted by molar-refractivity contribution is -0.133. The molecular formula is C23H32N2O6. The van der Waals surface area contributed by atoms with Crippen molar-refractivity contribution in [1.29, 1.82) is 0 Å². The maximum absolute atomic E-state index is 12.0. The van der Waals surface area contributed by atoms with Gasteiger partial charge in [0.2, 0.25) is 0 Å². The second-order valence-corrected chi connectivity index (χ2v) is 8.74. The van der Waals surface area contributed by atoms with Crippen LogP contribution in [0.5, 0.6) is 0 Å². The van der Waals surface area contributed by atoms with E-state index in [1.54, 1.807) is 6.08 Å². The molecule has 8 nitrogen and oxygen atoms in total. The zero-order valence-corrected chi connectivity index (χ0v) is 18.3. The summed E-state index contributed by atoms with van der Waals surface area (Å²) < 4.78 is 10.3. The predicted octanol–water partition coefficient (Wildman–Crippen LogP) is 4.21. The largest absolute Gasteiger partial charge is 0.477 e. The molecule has 0 bridgehead atoms. The van der Waals surface area contributed by atoms with Crippen molar-refractivity contribution < 1.29 is 29.0 Å². The summed E-state index contributed by atoms with van der Waals surface area (Å²) in [7, 11) is 0. The first-order valence-electron chi connectivity index (χ1n) is 10.5. The van der Waals surface area contributed by atoms with Gasteiger partial charge in [-0.15, -0.1) is 0 Å². The number of nitrogens with one attached hydrogen (secondary N) is 2. The smallest absolute Gasteiger partial charge is 0.412 e.